The molecule has 0 unspecified atom stereocenters. The van der Waals surface area contributed by atoms with E-state index in [1.807, 2.05) is 4.42 Å². The van der Waals surface area contributed by atoms with Crippen LogP contribution in [-0.2, 0) is 0 Å². The monoisotopic (exact) mass is 201 g/mol. The first-order valence-corrected chi connectivity index (χ1v) is 4.99. The van der Waals surface area contributed by atoms with E-state index < -0.39 is 0 Å². The molecule has 0 aromatic rings. The minimum atomic E-state index is 0. The SMILES string of the molecule is CC(C)N(Cl)C1CCCCC1.[H-].[H-].[Mg+2]. The van der Waals surface area contributed by atoms with E-state index in [0.717, 1.165) is 0 Å². The van der Waals surface area contributed by atoms with Gasteiger partial charge in [-0.3, -0.25) is 0 Å². The normalized spacial score (nSPS) is 19.8. The topological polar surface area (TPSA) is 3.24 Å². The van der Waals surface area contributed by atoms with E-state index in [1.54, 1.807) is 0 Å². The zero-order valence-electron chi connectivity index (χ0n) is 10.2. The van der Waals surface area contributed by atoms with Gasteiger partial charge in [0, 0.05) is 12.1 Å². The molecule has 1 aliphatic carbocycles. The van der Waals surface area contributed by atoms with Crippen LogP contribution in [0.5, 0.6) is 0 Å². The Kier molecular flexibility index (Phi) is 7.01. The van der Waals surface area contributed by atoms with Gasteiger partial charge in [0.25, 0.3) is 0 Å². The summed E-state index contributed by atoms with van der Waals surface area (Å²) in [6, 6.07) is 1.13. The maximum Gasteiger partial charge on any atom is 2.00 e. The summed E-state index contributed by atoms with van der Waals surface area (Å²) in [5.74, 6) is 0. The number of halogens is 1. The zero-order valence-corrected chi connectivity index (χ0v) is 10.4. The Morgan fingerprint density at radius 3 is 2.17 bits per heavy atom. The molecule has 1 aliphatic rings. The fraction of sp³-hybridized carbons (Fsp3) is 1.00. The number of hydrogen-bond acceptors (Lipinski definition) is 1. The van der Waals surface area contributed by atoms with Gasteiger partial charge in [-0.15, -0.1) is 0 Å². The molecule has 1 rings (SSSR count). The summed E-state index contributed by atoms with van der Waals surface area (Å²) in [6.45, 7) is 4.31. The van der Waals surface area contributed by atoms with Gasteiger partial charge in [-0.25, -0.2) is 4.42 Å². The van der Waals surface area contributed by atoms with Crippen molar-refractivity contribution >= 4 is 34.8 Å². The van der Waals surface area contributed by atoms with Crippen LogP contribution in [0.15, 0.2) is 0 Å². The van der Waals surface area contributed by atoms with Gasteiger partial charge in [0.05, 0.1) is 0 Å². The number of hydrogen-bond donors (Lipinski definition) is 0. The second-order valence-corrected chi connectivity index (χ2v) is 4.12. The molecule has 70 valence electrons. The van der Waals surface area contributed by atoms with Crippen molar-refractivity contribution in [3.05, 3.63) is 0 Å². The van der Waals surface area contributed by atoms with E-state index in [4.69, 9.17) is 11.8 Å². The standard InChI is InChI=1S/C9H18ClN.Mg.2H/c1-8(2)11(10)9-6-4-3-5-7-9;;;/h8-9H,3-7H2,1-2H3;;;/q;+2;2*-1. The minimum absolute atomic E-state index is 0. The molecule has 1 fully saturated rings. The third-order valence-corrected chi connectivity index (χ3v) is 3.08. The van der Waals surface area contributed by atoms with E-state index in [2.05, 4.69) is 13.8 Å². The van der Waals surface area contributed by atoms with E-state index in [-0.39, 0.29) is 25.9 Å². The van der Waals surface area contributed by atoms with Crippen molar-refractivity contribution in [1.82, 2.24) is 4.42 Å². The summed E-state index contributed by atoms with van der Waals surface area (Å²) in [7, 11) is 0. The number of rotatable bonds is 2. The molecule has 0 saturated heterocycles. The Labute approximate surface area is 100 Å². The molecular formula is C9H20ClMgN. The van der Waals surface area contributed by atoms with Crippen LogP contribution >= 0.6 is 11.8 Å². The molecule has 0 N–H and O–H groups in total. The average Bonchev–Trinajstić information content (AvgIpc) is 2.05. The van der Waals surface area contributed by atoms with Gasteiger partial charge < -0.3 is 2.85 Å². The largest absolute Gasteiger partial charge is 2.00 e. The van der Waals surface area contributed by atoms with Gasteiger partial charge in [0.15, 0.2) is 0 Å². The quantitative estimate of drug-likeness (QED) is 0.491. The van der Waals surface area contributed by atoms with Crippen molar-refractivity contribution in [2.75, 3.05) is 0 Å². The summed E-state index contributed by atoms with van der Waals surface area (Å²) >= 11 is 6.13. The second kappa shape index (κ2) is 6.47. The van der Waals surface area contributed by atoms with Gasteiger partial charge >= 0.3 is 23.1 Å². The van der Waals surface area contributed by atoms with Gasteiger partial charge in [0.1, 0.15) is 0 Å². The molecule has 0 aliphatic heterocycles. The Bertz CT molecular complexity index is 121. The van der Waals surface area contributed by atoms with E-state index in [9.17, 15) is 0 Å². The van der Waals surface area contributed by atoms with Crippen molar-refractivity contribution in [2.24, 2.45) is 0 Å². The summed E-state index contributed by atoms with van der Waals surface area (Å²) in [6.07, 6.45) is 6.71. The second-order valence-electron chi connectivity index (χ2n) is 3.73. The van der Waals surface area contributed by atoms with Crippen molar-refractivity contribution in [3.63, 3.8) is 0 Å². The van der Waals surface area contributed by atoms with Crippen molar-refractivity contribution in [3.8, 4) is 0 Å². The van der Waals surface area contributed by atoms with E-state index >= 15 is 0 Å². The predicted molar refractivity (Wildman–Crippen MR) is 57.7 cm³/mol. The van der Waals surface area contributed by atoms with Crippen LogP contribution in [0.4, 0.5) is 0 Å². The maximum atomic E-state index is 6.13. The van der Waals surface area contributed by atoms with Crippen molar-refractivity contribution in [1.29, 1.82) is 0 Å². The average molecular weight is 202 g/mol. The molecule has 1 nitrogen and oxygen atoms in total. The van der Waals surface area contributed by atoms with Crippen LogP contribution in [0.3, 0.4) is 0 Å². The maximum absolute atomic E-state index is 6.13. The third-order valence-electron chi connectivity index (χ3n) is 2.42. The molecule has 0 radical (unpaired) electrons. The molecule has 0 aromatic heterocycles. The van der Waals surface area contributed by atoms with Gasteiger partial charge in [-0.2, -0.15) is 0 Å². The third kappa shape index (κ3) is 3.82. The summed E-state index contributed by atoms with van der Waals surface area (Å²) in [5, 5.41) is 0. The molecule has 3 heteroatoms. The van der Waals surface area contributed by atoms with Crippen molar-refractivity contribution < 1.29 is 2.85 Å². The molecular weight excluding hydrogens is 182 g/mol. The molecule has 0 bridgehead atoms. The van der Waals surface area contributed by atoms with Gasteiger partial charge in [-0.05, 0) is 38.5 Å². The molecule has 12 heavy (non-hydrogen) atoms. The Balaban J connectivity index is -0.000000403. The number of nitrogens with zero attached hydrogens (tertiary/aromatic N) is 1. The summed E-state index contributed by atoms with van der Waals surface area (Å²) in [5.41, 5.74) is 0. The Hall–Kier alpha value is 1.02. The molecule has 0 aromatic carbocycles. The van der Waals surface area contributed by atoms with Crippen molar-refractivity contribution in [2.45, 2.75) is 58.0 Å². The Morgan fingerprint density at radius 2 is 1.75 bits per heavy atom. The minimum Gasteiger partial charge on any atom is -1.00 e. The molecule has 0 amide bonds. The van der Waals surface area contributed by atoms with Crippen LogP contribution in [0.2, 0.25) is 0 Å². The van der Waals surface area contributed by atoms with Gasteiger partial charge in [0.2, 0.25) is 0 Å². The molecule has 0 heterocycles. The molecule has 0 atom stereocenters. The van der Waals surface area contributed by atoms with Crippen LogP contribution in [0.25, 0.3) is 0 Å². The Morgan fingerprint density at radius 1 is 1.25 bits per heavy atom. The first-order chi connectivity index (χ1) is 5.22. The predicted octanol–water partition coefficient (Wildman–Crippen LogP) is 3.03. The van der Waals surface area contributed by atoms with Crippen LogP contribution in [0, 0.1) is 0 Å². The van der Waals surface area contributed by atoms with E-state index in [1.165, 1.54) is 32.1 Å². The van der Waals surface area contributed by atoms with Gasteiger partial charge in [-0.1, -0.05) is 19.3 Å². The summed E-state index contributed by atoms with van der Waals surface area (Å²) < 4.78 is 2.00. The fourth-order valence-electron chi connectivity index (χ4n) is 1.75. The van der Waals surface area contributed by atoms with Crippen LogP contribution in [0.1, 0.15) is 48.8 Å². The molecule has 0 spiro atoms. The van der Waals surface area contributed by atoms with Crippen LogP contribution < -0.4 is 0 Å². The fourth-order valence-corrected chi connectivity index (χ4v) is 1.94. The van der Waals surface area contributed by atoms with E-state index in [0.29, 0.717) is 12.1 Å². The summed E-state index contributed by atoms with van der Waals surface area (Å²) in [4.78, 5) is 0. The first-order valence-electron chi connectivity index (χ1n) is 4.66. The zero-order chi connectivity index (χ0) is 8.27. The molecule has 1 saturated carbocycles. The smallest absolute Gasteiger partial charge is 1.00 e. The van der Waals surface area contributed by atoms with Crippen LogP contribution in [-0.4, -0.2) is 39.6 Å². The first kappa shape index (κ1) is 13.0.